The third-order valence-corrected chi connectivity index (χ3v) is 5.47. The number of hydrogen-bond acceptors (Lipinski definition) is 6. The lowest BCUT2D eigenvalue weighted by molar-refractivity contribution is 0.0914. The van der Waals surface area contributed by atoms with E-state index in [9.17, 15) is 13.2 Å². The van der Waals surface area contributed by atoms with E-state index < -0.39 is 15.4 Å². The van der Waals surface area contributed by atoms with Gasteiger partial charge in [0.1, 0.15) is 0 Å². The topological polar surface area (TPSA) is 89.0 Å². The Balaban J connectivity index is 2.08. The lowest BCUT2D eigenvalue weighted by atomic mass is 10.0. The molecule has 1 N–H and O–H groups in total. The van der Waals surface area contributed by atoms with Crippen molar-refractivity contribution in [3.63, 3.8) is 0 Å². The van der Waals surface area contributed by atoms with Crippen molar-refractivity contribution >= 4 is 27.5 Å². The van der Waals surface area contributed by atoms with Crippen molar-refractivity contribution in [1.29, 1.82) is 0 Å². The fourth-order valence-corrected chi connectivity index (χ4v) is 4.40. The number of carbonyl (C=O) groups excluding carboxylic acids is 1. The molecule has 19 heavy (non-hydrogen) atoms. The Morgan fingerprint density at radius 2 is 2.05 bits per heavy atom. The molecule has 1 aliphatic heterocycles. The van der Waals surface area contributed by atoms with Crippen LogP contribution < -0.4 is 5.32 Å². The first-order chi connectivity index (χ1) is 8.84. The summed E-state index contributed by atoms with van der Waals surface area (Å²) in [6, 6.07) is 0. The van der Waals surface area contributed by atoms with Gasteiger partial charge in [-0.05, 0) is 19.6 Å². The number of rotatable bonds is 3. The molecule has 0 saturated carbocycles. The Labute approximate surface area is 116 Å². The molecule has 1 fully saturated rings. The maximum Gasteiger partial charge on any atom is 0.254 e. The second-order valence-corrected chi connectivity index (χ2v) is 7.77. The average molecular weight is 301 g/mol. The number of aromatic nitrogens is 2. The van der Waals surface area contributed by atoms with E-state index in [1.165, 1.54) is 24.2 Å². The van der Waals surface area contributed by atoms with E-state index in [-0.39, 0.29) is 17.4 Å². The summed E-state index contributed by atoms with van der Waals surface area (Å²) in [5.41, 5.74) is -0.364. The van der Waals surface area contributed by atoms with Crippen molar-refractivity contribution < 1.29 is 13.2 Å². The van der Waals surface area contributed by atoms with Crippen LogP contribution in [0, 0.1) is 0 Å². The van der Waals surface area contributed by atoms with Gasteiger partial charge in [-0.15, -0.1) is 0 Å². The molecule has 1 atom stereocenters. The molecule has 1 aromatic heterocycles. The van der Waals surface area contributed by atoms with Gasteiger partial charge in [-0.1, -0.05) is 11.8 Å². The van der Waals surface area contributed by atoms with E-state index in [0.717, 1.165) is 0 Å². The number of nitrogens with zero attached hydrogens (tertiary/aromatic N) is 2. The number of carbonyl (C=O) groups is 1. The van der Waals surface area contributed by atoms with Crippen LogP contribution in [0.1, 0.15) is 23.7 Å². The van der Waals surface area contributed by atoms with E-state index >= 15 is 0 Å². The van der Waals surface area contributed by atoms with Gasteiger partial charge in [0.2, 0.25) is 0 Å². The molecule has 2 rings (SSSR count). The smallest absolute Gasteiger partial charge is 0.254 e. The molecular weight excluding hydrogens is 286 g/mol. The van der Waals surface area contributed by atoms with Crippen molar-refractivity contribution in [2.45, 2.75) is 24.0 Å². The van der Waals surface area contributed by atoms with Gasteiger partial charge in [0.05, 0.1) is 22.6 Å². The van der Waals surface area contributed by atoms with E-state index in [0.29, 0.717) is 17.1 Å². The Morgan fingerprint density at radius 1 is 1.42 bits per heavy atom. The summed E-state index contributed by atoms with van der Waals surface area (Å²) in [7, 11) is -3.04. The van der Waals surface area contributed by atoms with Gasteiger partial charge in [-0.2, -0.15) is 0 Å². The average Bonchev–Trinajstić information content (AvgIpc) is 2.63. The van der Waals surface area contributed by atoms with Crippen LogP contribution in [0.4, 0.5) is 0 Å². The Bertz CT molecular complexity index is 586. The summed E-state index contributed by atoms with van der Waals surface area (Å²) in [5.74, 6) is -0.242. The maximum atomic E-state index is 12.0. The van der Waals surface area contributed by atoms with Crippen molar-refractivity contribution in [2.75, 3.05) is 17.8 Å². The molecular formula is C11H15N3O3S2. The summed E-state index contributed by atoms with van der Waals surface area (Å²) in [5, 5.41) is 3.35. The minimum Gasteiger partial charge on any atom is -0.346 e. The van der Waals surface area contributed by atoms with Gasteiger partial charge in [0.25, 0.3) is 5.91 Å². The summed E-state index contributed by atoms with van der Waals surface area (Å²) in [6.45, 7) is 1.74. The quantitative estimate of drug-likeness (QED) is 0.646. The number of thioether (sulfide) groups is 1. The Morgan fingerprint density at radius 3 is 2.53 bits per heavy atom. The van der Waals surface area contributed by atoms with Gasteiger partial charge in [0, 0.05) is 12.4 Å². The predicted octanol–water partition coefficient (Wildman–Crippen LogP) is 0.505. The standard InChI is InChI=1S/C11H15N3O3S2/c1-11(3-4-19(16,17)7-11)14-9(15)8-5-12-10(18-2)13-6-8/h5-6H,3-4,7H2,1-2H3,(H,14,15). The molecule has 2 heterocycles. The highest BCUT2D eigenvalue weighted by Crippen LogP contribution is 2.23. The first kappa shape index (κ1) is 14.3. The number of sulfone groups is 1. The maximum absolute atomic E-state index is 12.0. The monoisotopic (exact) mass is 301 g/mol. The molecule has 0 radical (unpaired) electrons. The molecule has 0 bridgehead atoms. The largest absolute Gasteiger partial charge is 0.346 e. The molecule has 1 amide bonds. The van der Waals surface area contributed by atoms with Crippen LogP contribution in [-0.2, 0) is 9.84 Å². The van der Waals surface area contributed by atoms with Gasteiger partial charge < -0.3 is 5.32 Å². The van der Waals surface area contributed by atoms with Crippen LogP contribution in [0.25, 0.3) is 0 Å². The molecule has 1 unspecified atom stereocenters. The van der Waals surface area contributed by atoms with Gasteiger partial charge in [-0.25, -0.2) is 18.4 Å². The zero-order chi connectivity index (χ0) is 14.1. The first-order valence-corrected chi connectivity index (χ1v) is 8.77. The highest BCUT2D eigenvalue weighted by molar-refractivity contribution is 7.98. The molecule has 1 aliphatic rings. The van der Waals surface area contributed by atoms with E-state index in [4.69, 9.17) is 0 Å². The third-order valence-electron chi connectivity index (χ3n) is 2.99. The lowest BCUT2D eigenvalue weighted by Gasteiger charge is -2.23. The van der Waals surface area contributed by atoms with Crippen molar-refractivity contribution in [3.05, 3.63) is 18.0 Å². The van der Waals surface area contributed by atoms with Gasteiger partial charge in [0.15, 0.2) is 15.0 Å². The van der Waals surface area contributed by atoms with Crippen molar-refractivity contribution in [3.8, 4) is 0 Å². The van der Waals surface area contributed by atoms with E-state index in [2.05, 4.69) is 15.3 Å². The summed E-state index contributed by atoms with van der Waals surface area (Å²) in [6.07, 6.45) is 5.17. The SMILES string of the molecule is CSc1ncc(C(=O)NC2(C)CCS(=O)(=O)C2)cn1. The minimum atomic E-state index is -3.04. The molecule has 0 aromatic carbocycles. The third kappa shape index (κ3) is 3.44. The number of amides is 1. The Hall–Kier alpha value is -1.15. The highest BCUT2D eigenvalue weighted by Gasteiger charge is 2.39. The molecule has 0 spiro atoms. The zero-order valence-corrected chi connectivity index (χ0v) is 12.3. The normalized spacial score (nSPS) is 25.2. The number of hydrogen-bond donors (Lipinski definition) is 1. The molecule has 6 nitrogen and oxygen atoms in total. The molecule has 1 saturated heterocycles. The molecule has 1 aromatic rings. The van der Waals surface area contributed by atoms with Crippen LogP contribution in [0.15, 0.2) is 17.6 Å². The van der Waals surface area contributed by atoms with E-state index in [1.54, 1.807) is 6.92 Å². The summed E-state index contributed by atoms with van der Waals surface area (Å²) >= 11 is 1.39. The summed E-state index contributed by atoms with van der Waals surface area (Å²) in [4.78, 5) is 20.1. The zero-order valence-electron chi connectivity index (χ0n) is 10.7. The molecule has 8 heteroatoms. The van der Waals surface area contributed by atoms with Gasteiger partial charge >= 0.3 is 0 Å². The van der Waals surface area contributed by atoms with Gasteiger partial charge in [-0.3, -0.25) is 4.79 Å². The molecule has 104 valence electrons. The van der Waals surface area contributed by atoms with Crippen molar-refractivity contribution in [1.82, 2.24) is 15.3 Å². The Kier molecular flexibility index (Phi) is 3.82. The van der Waals surface area contributed by atoms with Crippen LogP contribution in [0.2, 0.25) is 0 Å². The fraction of sp³-hybridized carbons (Fsp3) is 0.545. The van der Waals surface area contributed by atoms with Crippen LogP contribution >= 0.6 is 11.8 Å². The molecule has 0 aliphatic carbocycles. The predicted molar refractivity (Wildman–Crippen MR) is 73.0 cm³/mol. The van der Waals surface area contributed by atoms with Crippen LogP contribution in [-0.4, -0.2) is 47.6 Å². The first-order valence-electron chi connectivity index (χ1n) is 5.73. The summed E-state index contributed by atoms with van der Waals surface area (Å²) < 4.78 is 22.9. The van der Waals surface area contributed by atoms with E-state index in [1.807, 2.05) is 6.26 Å². The number of nitrogens with one attached hydrogen (secondary N) is 1. The van der Waals surface area contributed by atoms with Crippen LogP contribution in [0.3, 0.4) is 0 Å². The fourth-order valence-electron chi connectivity index (χ4n) is 1.99. The second-order valence-electron chi connectivity index (χ2n) is 4.82. The lowest BCUT2D eigenvalue weighted by Crippen LogP contribution is -2.47. The highest BCUT2D eigenvalue weighted by atomic mass is 32.2. The van der Waals surface area contributed by atoms with Crippen molar-refractivity contribution in [2.24, 2.45) is 0 Å². The minimum absolute atomic E-state index is 0.0184. The van der Waals surface area contributed by atoms with Crippen LogP contribution in [0.5, 0.6) is 0 Å². The second kappa shape index (κ2) is 5.09.